The van der Waals surface area contributed by atoms with Crippen LogP contribution in [0.3, 0.4) is 0 Å². The number of alkyl halides is 3. The largest absolute Gasteiger partial charge is 0.525 e. The highest BCUT2D eigenvalue weighted by atomic mass is 32.2. The lowest BCUT2D eigenvalue weighted by molar-refractivity contribution is -0.0761. The summed E-state index contributed by atoms with van der Waals surface area (Å²) in [5.41, 5.74) is -5.30. The van der Waals surface area contributed by atoms with Gasteiger partial charge in [-0.15, -0.1) is 9.35 Å². The number of hydrogen-bond donors (Lipinski definition) is 0. The molecule has 36 heavy (non-hydrogen) atoms. The Morgan fingerprint density at radius 3 is 2.17 bits per heavy atom. The zero-order chi connectivity index (χ0) is 26.5. The van der Waals surface area contributed by atoms with Gasteiger partial charge in [-0.1, -0.05) is 70.6 Å². The van der Waals surface area contributed by atoms with Crippen molar-refractivity contribution in [2.45, 2.75) is 76.8 Å². The molecule has 0 N–H and O–H groups in total. The van der Waals surface area contributed by atoms with Crippen LogP contribution in [-0.4, -0.2) is 37.4 Å². The van der Waals surface area contributed by atoms with Crippen LogP contribution in [0, 0.1) is 0 Å². The fourth-order valence-corrected chi connectivity index (χ4v) is 4.70. The van der Waals surface area contributed by atoms with Crippen LogP contribution in [-0.2, 0) is 19.1 Å². The van der Waals surface area contributed by atoms with Crippen molar-refractivity contribution in [2.75, 3.05) is 6.61 Å². The molecule has 0 spiro atoms. The van der Waals surface area contributed by atoms with Crippen molar-refractivity contribution in [1.29, 1.82) is 0 Å². The van der Waals surface area contributed by atoms with E-state index in [4.69, 9.17) is 4.74 Å². The molecule has 198 valence electrons. The Kier molecular flexibility index (Phi) is 9.13. The number of halogens is 3. The summed E-state index contributed by atoms with van der Waals surface area (Å²) in [5.74, 6) is -2.57. The van der Waals surface area contributed by atoms with E-state index in [-0.39, 0.29) is 27.7 Å². The third-order valence-corrected chi connectivity index (χ3v) is 6.96. The molecule has 1 unspecified atom stereocenters. The summed E-state index contributed by atoms with van der Waals surface area (Å²) >= 11 is 0. The van der Waals surface area contributed by atoms with Crippen LogP contribution in [0.1, 0.15) is 97.6 Å². The van der Waals surface area contributed by atoms with Gasteiger partial charge in [0.15, 0.2) is 0 Å². The normalized spacial score (nSPS) is 15.1. The van der Waals surface area contributed by atoms with Crippen LogP contribution in [0.5, 0.6) is 0 Å². The number of carbonyl (C=O) groups is 2. The molecule has 1 atom stereocenters. The number of imide groups is 1. The van der Waals surface area contributed by atoms with Crippen LogP contribution in [0.2, 0.25) is 0 Å². The van der Waals surface area contributed by atoms with Gasteiger partial charge in [-0.2, -0.15) is 21.6 Å². The Hall–Kier alpha value is -2.50. The van der Waals surface area contributed by atoms with Crippen LogP contribution in [0.25, 0.3) is 10.8 Å². The van der Waals surface area contributed by atoms with E-state index in [9.17, 15) is 31.2 Å². The average Bonchev–Trinajstić information content (AvgIpc) is 2.83. The number of nitrogens with zero attached hydrogens (tertiary/aromatic N) is 1. The molecule has 0 saturated heterocycles. The molecule has 0 fully saturated rings. The second-order valence-electron chi connectivity index (χ2n) is 8.73. The van der Waals surface area contributed by atoms with Crippen LogP contribution in [0.15, 0.2) is 30.3 Å². The number of benzene rings is 2. The highest BCUT2D eigenvalue weighted by molar-refractivity contribution is 7.87. The molecule has 0 aromatic heterocycles. The van der Waals surface area contributed by atoms with Crippen molar-refractivity contribution >= 4 is 32.7 Å². The summed E-state index contributed by atoms with van der Waals surface area (Å²) in [7, 11) is -6.22. The van der Waals surface area contributed by atoms with Crippen molar-refractivity contribution in [3.05, 3.63) is 47.0 Å². The predicted molar refractivity (Wildman–Crippen MR) is 127 cm³/mol. The SMILES string of the molecule is CCCCCCCCC(OCCC)c1ccc2c3c(cccc13)C(=O)N(OS(=O)(=O)C(F)(F)F)C2=O. The van der Waals surface area contributed by atoms with Gasteiger partial charge in [0, 0.05) is 12.0 Å². The quantitative estimate of drug-likeness (QED) is 0.169. The van der Waals surface area contributed by atoms with Crippen molar-refractivity contribution < 1.29 is 40.2 Å². The number of hydroxylamine groups is 2. The van der Waals surface area contributed by atoms with Gasteiger partial charge >= 0.3 is 15.6 Å². The van der Waals surface area contributed by atoms with Crippen molar-refractivity contribution in [3.8, 4) is 0 Å². The zero-order valence-corrected chi connectivity index (χ0v) is 21.1. The number of hydrogen-bond acceptors (Lipinski definition) is 6. The Bertz CT molecular complexity index is 1190. The monoisotopic (exact) mass is 529 g/mol. The Morgan fingerprint density at radius 1 is 0.889 bits per heavy atom. The van der Waals surface area contributed by atoms with E-state index in [1.54, 1.807) is 12.1 Å². The van der Waals surface area contributed by atoms with E-state index in [0.717, 1.165) is 44.1 Å². The number of ether oxygens (including phenoxy) is 1. The van der Waals surface area contributed by atoms with Crippen LogP contribution >= 0.6 is 0 Å². The molecule has 0 radical (unpaired) electrons. The molecule has 1 aliphatic rings. The number of unbranched alkanes of at least 4 members (excludes halogenated alkanes) is 5. The lowest BCUT2D eigenvalue weighted by Gasteiger charge is -2.27. The first-order valence-corrected chi connectivity index (χ1v) is 13.5. The molecule has 2 amide bonds. The maximum absolute atomic E-state index is 12.9. The van der Waals surface area contributed by atoms with E-state index >= 15 is 0 Å². The number of rotatable bonds is 13. The van der Waals surface area contributed by atoms with Crippen molar-refractivity contribution in [2.24, 2.45) is 0 Å². The fraction of sp³-hybridized carbons (Fsp3) is 0.520. The van der Waals surface area contributed by atoms with Gasteiger partial charge in [0.1, 0.15) is 0 Å². The summed E-state index contributed by atoms with van der Waals surface area (Å²) in [5, 5.41) is 0.445. The second-order valence-corrected chi connectivity index (χ2v) is 10.2. The minimum absolute atomic E-state index is 0.130. The van der Waals surface area contributed by atoms with Gasteiger partial charge in [-0.05, 0) is 35.9 Å². The lowest BCUT2D eigenvalue weighted by atomic mass is 9.89. The van der Waals surface area contributed by atoms with Gasteiger partial charge < -0.3 is 4.74 Å². The maximum atomic E-state index is 12.9. The van der Waals surface area contributed by atoms with E-state index in [2.05, 4.69) is 11.2 Å². The molecule has 7 nitrogen and oxygen atoms in total. The average molecular weight is 530 g/mol. The van der Waals surface area contributed by atoms with E-state index in [1.807, 2.05) is 6.92 Å². The van der Waals surface area contributed by atoms with E-state index in [1.165, 1.54) is 31.0 Å². The van der Waals surface area contributed by atoms with Crippen molar-refractivity contribution in [1.82, 2.24) is 5.06 Å². The molecule has 2 aromatic rings. The molecule has 1 aliphatic heterocycles. The summed E-state index contributed by atoms with van der Waals surface area (Å²) in [6, 6.07) is 7.57. The second kappa shape index (κ2) is 11.7. The number of amides is 2. The number of carbonyl (C=O) groups excluding carboxylic acids is 2. The molecular weight excluding hydrogens is 499 g/mol. The Labute approximate surface area is 208 Å². The minimum Gasteiger partial charge on any atom is -0.374 e. The zero-order valence-electron chi connectivity index (χ0n) is 20.3. The highest BCUT2D eigenvalue weighted by Gasteiger charge is 2.51. The molecule has 1 heterocycles. The third kappa shape index (κ3) is 5.90. The maximum Gasteiger partial charge on any atom is 0.525 e. The van der Waals surface area contributed by atoms with Gasteiger partial charge in [0.25, 0.3) is 11.8 Å². The molecule has 2 aromatic carbocycles. The Balaban J connectivity index is 1.95. The summed E-state index contributed by atoms with van der Waals surface area (Å²) in [6.07, 6.45) is 7.84. The smallest absolute Gasteiger partial charge is 0.374 e. The molecule has 0 saturated carbocycles. The molecule has 0 aliphatic carbocycles. The standard InChI is InChI=1S/C25H30F3NO6S/c1-3-5-6-7-8-9-13-21(34-16-4-2)17-14-15-20-22-18(17)11-10-12-19(22)23(30)29(24(20)31)35-36(32,33)25(26,27)28/h10-12,14-15,21H,3-9,13,16H2,1-2H3. The topological polar surface area (TPSA) is 90.0 Å². The van der Waals surface area contributed by atoms with Gasteiger partial charge in [-0.3, -0.25) is 9.59 Å². The first-order chi connectivity index (χ1) is 17.0. The van der Waals surface area contributed by atoms with Gasteiger partial charge in [0.2, 0.25) is 0 Å². The first kappa shape index (κ1) is 28.1. The molecule has 11 heteroatoms. The van der Waals surface area contributed by atoms with Gasteiger partial charge in [0.05, 0.1) is 17.2 Å². The fourth-order valence-electron chi connectivity index (χ4n) is 4.28. The van der Waals surface area contributed by atoms with E-state index < -0.39 is 27.4 Å². The molecule has 0 bridgehead atoms. The molecular formula is C25H30F3NO6S. The van der Waals surface area contributed by atoms with Crippen molar-refractivity contribution in [3.63, 3.8) is 0 Å². The van der Waals surface area contributed by atoms with Gasteiger partial charge in [-0.25, -0.2) is 0 Å². The summed E-state index contributed by atoms with van der Waals surface area (Å²) in [6.45, 7) is 4.65. The lowest BCUT2D eigenvalue weighted by Crippen LogP contribution is -2.44. The Morgan fingerprint density at radius 2 is 1.53 bits per heavy atom. The third-order valence-electron chi connectivity index (χ3n) is 6.05. The summed E-state index contributed by atoms with van der Waals surface area (Å²) < 4.78 is 71.5. The minimum atomic E-state index is -6.22. The first-order valence-electron chi connectivity index (χ1n) is 12.1. The van der Waals surface area contributed by atoms with E-state index in [0.29, 0.717) is 12.0 Å². The van der Waals surface area contributed by atoms with Crippen LogP contribution < -0.4 is 0 Å². The highest BCUT2D eigenvalue weighted by Crippen LogP contribution is 2.38. The molecule has 3 rings (SSSR count). The predicted octanol–water partition coefficient (Wildman–Crippen LogP) is 6.44. The van der Waals surface area contributed by atoms with Crippen LogP contribution in [0.4, 0.5) is 13.2 Å². The summed E-state index contributed by atoms with van der Waals surface area (Å²) in [4.78, 5) is 25.8.